The molecule has 13 heavy (non-hydrogen) atoms. The van der Waals surface area contributed by atoms with Gasteiger partial charge in [-0.05, 0) is 12.8 Å². The number of ether oxygens (including phenoxy) is 1. The zero-order chi connectivity index (χ0) is 9.84. The minimum absolute atomic E-state index is 0.297. The molecule has 0 spiro atoms. The van der Waals surface area contributed by atoms with Crippen molar-refractivity contribution in [2.24, 2.45) is 11.7 Å². The summed E-state index contributed by atoms with van der Waals surface area (Å²) >= 11 is 0. The van der Waals surface area contributed by atoms with E-state index in [0.717, 1.165) is 26.2 Å². The van der Waals surface area contributed by atoms with E-state index in [4.69, 9.17) is 10.5 Å². The molecule has 0 aromatic rings. The van der Waals surface area contributed by atoms with Gasteiger partial charge in [-0.1, -0.05) is 13.8 Å². The zero-order valence-corrected chi connectivity index (χ0v) is 8.99. The molecule has 0 amide bonds. The first-order valence-electron chi connectivity index (χ1n) is 5.19. The molecule has 2 N–H and O–H groups in total. The SMILES string of the molecule is CC1CN(CC(N)C(C)C)CCO1. The normalized spacial score (nSPS) is 27.9. The predicted molar refractivity (Wildman–Crippen MR) is 54.7 cm³/mol. The van der Waals surface area contributed by atoms with Gasteiger partial charge < -0.3 is 10.5 Å². The lowest BCUT2D eigenvalue weighted by Gasteiger charge is -2.33. The van der Waals surface area contributed by atoms with Crippen molar-refractivity contribution in [3.8, 4) is 0 Å². The van der Waals surface area contributed by atoms with E-state index >= 15 is 0 Å². The number of rotatable bonds is 3. The van der Waals surface area contributed by atoms with Crippen LogP contribution in [0.1, 0.15) is 20.8 Å². The fraction of sp³-hybridized carbons (Fsp3) is 1.00. The smallest absolute Gasteiger partial charge is 0.0674 e. The van der Waals surface area contributed by atoms with Crippen LogP contribution < -0.4 is 5.73 Å². The molecule has 0 aromatic heterocycles. The second-order valence-corrected chi connectivity index (χ2v) is 4.35. The number of hydrogen-bond acceptors (Lipinski definition) is 3. The van der Waals surface area contributed by atoms with Crippen molar-refractivity contribution in [2.75, 3.05) is 26.2 Å². The molecule has 1 heterocycles. The van der Waals surface area contributed by atoms with Crippen molar-refractivity contribution in [1.82, 2.24) is 4.90 Å². The van der Waals surface area contributed by atoms with Gasteiger partial charge in [0.2, 0.25) is 0 Å². The van der Waals surface area contributed by atoms with Crippen LogP contribution in [-0.2, 0) is 4.74 Å². The summed E-state index contributed by atoms with van der Waals surface area (Å²) in [6.07, 6.45) is 0.369. The van der Waals surface area contributed by atoms with Crippen LogP contribution >= 0.6 is 0 Å². The van der Waals surface area contributed by atoms with E-state index in [-0.39, 0.29) is 0 Å². The molecule has 0 radical (unpaired) electrons. The Kier molecular flexibility index (Phi) is 4.16. The summed E-state index contributed by atoms with van der Waals surface area (Å²) in [5, 5.41) is 0. The van der Waals surface area contributed by atoms with Crippen LogP contribution in [0.15, 0.2) is 0 Å². The highest BCUT2D eigenvalue weighted by Gasteiger charge is 2.19. The van der Waals surface area contributed by atoms with Gasteiger partial charge in [-0.2, -0.15) is 0 Å². The molecule has 3 heteroatoms. The van der Waals surface area contributed by atoms with Gasteiger partial charge in [0, 0.05) is 25.7 Å². The maximum Gasteiger partial charge on any atom is 0.0674 e. The average Bonchev–Trinajstić information content (AvgIpc) is 2.04. The lowest BCUT2D eigenvalue weighted by molar-refractivity contribution is -0.0211. The molecule has 0 saturated carbocycles. The lowest BCUT2D eigenvalue weighted by atomic mass is 10.0. The summed E-state index contributed by atoms with van der Waals surface area (Å²) in [4.78, 5) is 2.40. The van der Waals surface area contributed by atoms with E-state index in [1.807, 2.05) is 0 Å². The molecule has 1 saturated heterocycles. The Bertz CT molecular complexity index is 150. The number of hydrogen-bond donors (Lipinski definition) is 1. The summed E-state index contributed by atoms with van der Waals surface area (Å²) in [5.41, 5.74) is 6.01. The molecular weight excluding hydrogens is 164 g/mol. The van der Waals surface area contributed by atoms with Gasteiger partial charge >= 0.3 is 0 Å². The van der Waals surface area contributed by atoms with Crippen molar-refractivity contribution in [2.45, 2.75) is 32.9 Å². The first-order chi connectivity index (χ1) is 6.09. The Morgan fingerprint density at radius 3 is 2.77 bits per heavy atom. The summed E-state index contributed by atoms with van der Waals surface area (Å²) in [6, 6.07) is 0.297. The van der Waals surface area contributed by atoms with Crippen LogP contribution in [0.2, 0.25) is 0 Å². The lowest BCUT2D eigenvalue weighted by Crippen LogP contribution is -2.47. The first kappa shape index (κ1) is 11.0. The van der Waals surface area contributed by atoms with Gasteiger partial charge in [-0.15, -0.1) is 0 Å². The average molecular weight is 186 g/mol. The van der Waals surface area contributed by atoms with Crippen molar-refractivity contribution in [3.05, 3.63) is 0 Å². The third-order valence-electron chi connectivity index (χ3n) is 2.65. The molecule has 1 aliphatic rings. The van der Waals surface area contributed by atoms with Gasteiger partial charge in [0.1, 0.15) is 0 Å². The Balaban J connectivity index is 2.27. The Hall–Kier alpha value is -0.120. The molecule has 3 nitrogen and oxygen atoms in total. The monoisotopic (exact) mass is 186 g/mol. The van der Waals surface area contributed by atoms with Crippen molar-refractivity contribution in [1.29, 1.82) is 0 Å². The van der Waals surface area contributed by atoms with Crippen LogP contribution in [0.3, 0.4) is 0 Å². The molecule has 78 valence electrons. The highest BCUT2D eigenvalue weighted by molar-refractivity contribution is 4.75. The van der Waals surface area contributed by atoms with Gasteiger partial charge in [0.15, 0.2) is 0 Å². The minimum atomic E-state index is 0.297. The molecule has 1 rings (SSSR count). The van der Waals surface area contributed by atoms with Crippen LogP contribution in [0.5, 0.6) is 0 Å². The van der Waals surface area contributed by atoms with Crippen molar-refractivity contribution >= 4 is 0 Å². The molecular formula is C10H22N2O. The highest BCUT2D eigenvalue weighted by Crippen LogP contribution is 2.07. The standard InChI is InChI=1S/C10H22N2O/c1-8(2)10(11)7-12-4-5-13-9(3)6-12/h8-10H,4-7,11H2,1-3H3. The Morgan fingerprint density at radius 2 is 2.23 bits per heavy atom. The second kappa shape index (κ2) is 4.94. The molecule has 2 atom stereocenters. The second-order valence-electron chi connectivity index (χ2n) is 4.35. The minimum Gasteiger partial charge on any atom is -0.376 e. The van der Waals surface area contributed by atoms with Crippen LogP contribution in [-0.4, -0.2) is 43.3 Å². The largest absolute Gasteiger partial charge is 0.376 e. The summed E-state index contributed by atoms with van der Waals surface area (Å²) in [5.74, 6) is 0.568. The van der Waals surface area contributed by atoms with E-state index in [2.05, 4.69) is 25.7 Å². The van der Waals surface area contributed by atoms with E-state index in [9.17, 15) is 0 Å². The molecule has 0 aliphatic carbocycles. The number of nitrogens with zero attached hydrogens (tertiary/aromatic N) is 1. The van der Waals surface area contributed by atoms with E-state index < -0.39 is 0 Å². The van der Waals surface area contributed by atoms with E-state index in [1.54, 1.807) is 0 Å². The van der Waals surface area contributed by atoms with E-state index in [0.29, 0.717) is 18.1 Å². The van der Waals surface area contributed by atoms with Crippen molar-refractivity contribution in [3.63, 3.8) is 0 Å². The van der Waals surface area contributed by atoms with Gasteiger partial charge in [-0.3, -0.25) is 4.90 Å². The van der Waals surface area contributed by atoms with Crippen molar-refractivity contribution < 1.29 is 4.74 Å². The van der Waals surface area contributed by atoms with Crippen LogP contribution in [0.25, 0.3) is 0 Å². The first-order valence-corrected chi connectivity index (χ1v) is 5.19. The number of morpholine rings is 1. The summed E-state index contributed by atoms with van der Waals surface area (Å²) < 4.78 is 5.47. The van der Waals surface area contributed by atoms with Crippen LogP contribution in [0.4, 0.5) is 0 Å². The maximum atomic E-state index is 6.01. The fourth-order valence-electron chi connectivity index (χ4n) is 1.57. The highest BCUT2D eigenvalue weighted by atomic mass is 16.5. The van der Waals surface area contributed by atoms with Crippen LogP contribution in [0, 0.1) is 5.92 Å². The molecule has 2 unspecified atom stereocenters. The van der Waals surface area contributed by atoms with Gasteiger partial charge in [0.25, 0.3) is 0 Å². The van der Waals surface area contributed by atoms with Gasteiger partial charge in [0.05, 0.1) is 12.7 Å². The quantitative estimate of drug-likeness (QED) is 0.705. The molecule has 1 aliphatic heterocycles. The Labute approximate surface area is 81.2 Å². The Morgan fingerprint density at radius 1 is 1.54 bits per heavy atom. The number of nitrogens with two attached hydrogens (primary N) is 1. The summed E-state index contributed by atoms with van der Waals surface area (Å²) in [6.45, 7) is 10.4. The summed E-state index contributed by atoms with van der Waals surface area (Å²) in [7, 11) is 0. The third-order valence-corrected chi connectivity index (χ3v) is 2.65. The topological polar surface area (TPSA) is 38.5 Å². The molecule has 0 bridgehead atoms. The third kappa shape index (κ3) is 3.63. The molecule has 0 aromatic carbocycles. The molecule has 1 fully saturated rings. The fourth-order valence-corrected chi connectivity index (χ4v) is 1.57. The van der Waals surface area contributed by atoms with E-state index in [1.165, 1.54) is 0 Å². The van der Waals surface area contributed by atoms with Gasteiger partial charge in [-0.25, -0.2) is 0 Å². The zero-order valence-electron chi connectivity index (χ0n) is 8.99. The maximum absolute atomic E-state index is 6.01. The predicted octanol–water partition coefficient (Wildman–Crippen LogP) is 0.690.